The average molecular weight is 369 g/mol. The number of aliphatic hydroxyl groups excluding tert-OH is 1. The van der Waals surface area contributed by atoms with Gasteiger partial charge in [-0.05, 0) is 42.2 Å². The van der Waals surface area contributed by atoms with E-state index >= 15 is 0 Å². The van der Waals surface area contributed by atoms with Gasteiger partial charge in [0.15, 0.2) is 5.96 Å². The molecule has 5 heteroatoms. The van der Waals surface area contributed by atoms with Gasteiger partial charge in [0.25, 0.3) is 0 Å². The van der Waals surface area contributed by atoms with Crippen LogP contribution in [0.2, 0.25) is 0 Å². The van der Waals surface area contributed by atoms with E-state index in [2.05, 4.69) is 60.7 Å². The Morgan fingerprint density at radius 1 is 1.07 bits per heavy atom. The first-order valence-corrected chi connectivity index (χ1v) is 9.66. The summed E-state index contributed by atoms with van der Waals surface area (Å²) in [5, 5.41) is 16.8. The second-order valence-electron chi connectivity index (χ2n) is 7.31. The van der Waals surface area contributed by atoms with Crippen molar-refractivity contribution in [2.45, 2.75) is 45.6 Å². The Balaban J connectivity index is 2.00. The largest absolute Gasteiger partial charge is 0.387 e. The maximum atomic E-state index is 10.3. The van der Waals surface area contributed by atoms with Gasteiger partial charge in [0.2, 0.25) is 0 Å². The molecule has 0 aliphatic rings. The number of nitrogens with one attached hydrogen (secondary N) is 2. The molecule has 0 amide bonds. The van der Waals surface area contributed by atoms with Crippen LogP contribution in [0.25, 0.3) is 0 Å². The van der Waals surface area contributed by atoms with E-state index in [1.54, 1.807) is 12.4 Å². The van der Waals surface area contributed by atoms with Crippen LogP contribution in [0.15, 0.2) is 53.8 Å². The Morgan fingerprint density at radius 3 is 2.33 bits per heavy atom. The Labute approximate surface area is 163 Å². The summed E-state index contributed by atoms with van der Waals surface area (Å²) < 4.78 is 0. The van der Waals surface area contributed by atoms with Crippen molar-refractivity contribution in [1.29, 1.82) is 0 Å². The number of hydrogen-bond donors (Lipinski definition) is 3. The smallest absolute Gasteiger partial charge is 0.191 e. The fourth-order valence-electron chi connectivity index (χ4n) is 2.80. The zero-order valence-electron chi connectivity index (χ0n) is 16.9. The Morgan fingerprint density at radius 2 is 1.74 bits per heavy atom. The minimum Gasteiger partial charge on any atom is -0.387 e. The number of guanidine groups is 1. The van der Waals surface area contributed by atoms with Crippen LogP contribution in [-0.2, 0) is 11.8 Å². The van der Waals surface area contributed by atoms with Crippen molar-refractivity contribution < 1.29 is 5.11 Å². The molecule has 0 saturated carbocycles. The molecule has 2 aromatic rings. The first-order valence-electron chi connectivity index (χ1n) is 9.66. The van der Waals surface area contributed by atoms with E-state index in [1.807, 2.05) is 19.1 Å². The molecule has 1 atom stereocenters. The van der Waals surface area contributed by atoms with E-state index in [-0.39, 0.29) is 5.41 Å². The molecule has 1 heterocycles. The van der Waals surface area contributed by atoms with Crippen LogP contribution in [-0.4, -0.2) is 35.7 Å². The van der Waals surface area contributed by atoms with Gasteiger partial charge in [-0.25, -0.2) is 0 Å². The Hall–Kier alpha value is -2.40. The molecular weight excluding hydrogens is 336 g/mol. The molecule has 1 unspecified atom stereocenters. The average Bonchev–Trinajstić information content (AvgIpc) is 2.70. The summed E-state index contributed by atoms with van der Waals surface area (Å²) in [6.45, 7) is 10.4. The minimum atomic E-state index is -0.605. The molecule has 2 rings (SSSR count). The summed E-state index contributed by atoms with van der Waals surface area (Å²) >= 11 is 0. The molecule has 3 N–H and O–H groups in total. The molecule has 0 aliphatic heterocycles. The van der Waals surface area contributed by atoms with Crippen LogP contribution in [0.4, 0.5) is 0 Å². The van der Waals surface area contributed by atoms with Gasteiger partial charge < -0.3 is 15.7 Å². The predicted molar refractivity (Wildman–Crippen MR) is 112 cm³/mol. The van der Waals surface area contributed by atoms with E-state index in [4.69, 9.17) is 4.99 Å². The van der Waals surface area contributed by atoms with Crippen LogP contribution in [0.5, 0.6) is 0 Å². The van der Waals surface area contributed by atoms with Gasteiger partial charge in [-0.3, -0.25) is 9.98 Å². The lowest BCUT2D eigenvalue weighted by Crippen LogP contribution is -2.40. The number of aliphatic hydroxyl groups is 1. The maximum Gasteiger partial charge on any atom is 0.191 e. The van der Waals surface area contributed by atoms with Crippen LogP contribution in [0.1, 0.15) is 50.5 Å². The third-order valence-electron chi connectivity index (χ3n) is 4.67. The molecule has 0 radical (unpaired) electrons. The number of rotatable bonds is 8. The number of hydrogen-bond acceptors (Lipinski definition) is 3. The van der Waals surface area contributed by atoms with E-state index in [0.717, 1.165) is 18.5 Å². The van der Waals surface area contributed by atoms with Crippen molar-refractivity contribution in [2.75, 3.05) is 19.6 Å². The highest BCUT2D eigenvalue weighted by atomic mass is 16.3. The van der Waals surface area contributed by atoms with Crippen LogP contribution in [0.3, 0.4) is 0 Å². The lowest BCUT2D eigenvalue weighted by molar-refractivity contribution is 0.180. The zero-order chi connectivity index (χ0) is 19.7. The number of aliphatic imine (C=N–C) groups is 1. The number of nitrogens with zero attached hydrogens (tertiary/aromatic N) is 2. The predicted octanol–water partition coefficient (Wildman–Crippen LogP) is 3.21. The van der Waals surface area contributed by atoms with Crippen LogP contribution < -0.4 is 10.6 Å². The molecule has 0 fully saturated rings. The number of aryl methyl sites for hydroxylation is 1. The van der Waals surface area contributed by atoms with E-state index in [0.29, 0.717) is 19.0 Å². The Bertz CT molecular complexity index is 711. The highest BCUT2D eigenvalue weighted by molar-refractivity contribution is 5.79. The summed E-state index contributed by atoms with van der Waals surface area (Å²) in [5.41, 5.74) is 3.39. The van der Waals surface area contributed by atoms with Crippen LogP contribution in [0, 0.1) is 0 Å². The minimum absolute atomic E-state index is 0.0711. The van der Waals surface area contributed by atoms with Gasteiger partial charge >= 0.3 is 0 Å². The van der Waals surface area contributed by atoms with E-state index < -0.39 is 6.10 Å². The van der Waals surface area contributed by atoms with Gasteiger partial charge in [0, 0.05) is 30.9 Å². The zero-order valence-corrected chi connectivity index (χ0v) is 16.9. The third kappa shape index (κ3) is 6.36. The van der Waals surface area contributed by atoms with Crippen molar-refractivity contribution in [2.24, 2.45) is 4.99 Å². The highest BCUT2D eigenvalue weighted by Gasteiger charge is 2.20. The highest BCUT2D eigenvalue weighted by Crippen LogP contribution is 2.24. The first-order chi connectivity index (χ1) is 13.0. The molecule has 0 spiro atoms. The third-order valence-corrected chi connectivity index (χ3v) is 4.67. The fourth-order valence-corrected chi connectivity index (χ4v) is 2.80. The number of benzene rings is 1. The number of aromatic nitrogens is 1. The second-order valence-corrected chi connectivity index (χ2v) is 7.31. The Kier molecular flexibility index (Phi) is 7.80. The van der Waals surface area contributed by atoms with Crippen molar-refractivity contribution in [3.63, 3.8) is 0 Å². The lowest BCUT2D eigenvalue weighted by Gasteiger charge is -2.24. The molecule has 1 aromatic heterocycles. The fraction of sp³-hybridized carbons (Fsp3) is 0.455. The SMILES string of the molecule is CCNC(=NCC(C)(C)c1ccc(CC)cc1)NCC(O)c1ccncc1. The van der Waals surface area contributed by atoms with Crippen molar-refractivity contribution >= 4 is 5.96 Å². The molecule has 5 nitrogen and oxygen atoms in total. The number of pyridine rings is 1. The topological polar surface area (TPSA) is 69.5 Å². The maximum absolute atomic E-state index is 10.3. The molecule has 0 saturated heterocycles. The van der Waals surface area contributed by atoms with Gasteiger partial charge in [0.1, 0.15) is 0 Å². The van der Waals surface area contributed by atoms with Gasteiger partial charge in [-0.1, -0.05) is 45.0 Å². The summed E-state index contributed by atoms with van der Waals surface area (Å²) in [5.74, 6) is 0.712. The standard InChI is InChI=1S/C22H32N4O/c1-5-17-7-9-19(10-8-17)22(3,4)16-26-21(24-6-2)25-15-20(27)18-11-13-23-14-12-18/h7-14,20,27H,5-6,15-16H2,1-4H3,(H2,24,25,26). The first kappa shape index (κ1) is 20.9. The molecule has 27 heavy (non-hydrogen) atoms. The van der Waals surface area contributed by atoms with Crippen molar-refractivity contribution in [3.8, 4) is 0 Å². The molecule has 0 bridgehead atoms. The quantitative estimate of drug-likeness (QED) is 0.494. The molecule has 146 valence electrons. The van der Waals surface area contributed by atoms with Gasteiger partial charge in [-0.2, -0.15) is 0 Å². The van der Waals surface area contributed by atoms with E-state index in [9.17, 15) is 5.11 Å². The van der Waals surface area contributed by atoms with Gasteiger partial charge in [0.05, 0.1) is 12.6 Å². The summed E-state index contributed by atoms with van der Waals surface area (Å²) in [7, 11) is 0. The van der Waals surface area contributed by atoms with Crippen molar-refractivity contribution in [3.05, 3.63) is 65.5 Å². The molecule has 0 aliphatic carbocycles. The summed E-state index contributed by atoms with van der Waals surface area (Å²) in [6, 6.07) is 12.4. The van der Waals surface area contributed by atoms with E-state index in [1.165, 1.54) is 11.1 Å². The van der Waals surface area contributed by atoms with Crippen LogP contribution >= 0.6 is 0 Å². The second kappa shape index (κ2) is 10.1. The van der Waals surface area contributed by atoms with Crippen molar-refractivity contribution in [1.82, 2.24) is 15.6 Å². The molecular formula is C22H32N4O. The normalized spacial score (nSPS) is 13.3. The monoisotopic (exact) mass is 368 g/mol. The van der Waals surface area contributed by atoms with Gasteiger partial charge in [-0.15, -0.1) is 0 Å². The summed E-state index contributed by atoms with van der Waals surface area (Å²) in [6.07, 6.45) is 3.81. The molecule has 1 aromatic carbocycles. The summed E-state index contributed by atoms with van der Waals surface area (Å²) in [4.78, 5) is 8.72. The lowest BCUT2D eigenvalue weighted by atomic mass is 9.84.